The maximum atomic E-state index is 5.22. The molecule has 0 heterocycles. The van der Waals surface area contributed by atoms with E-state index in [1.54, 1.807) is 0 Å². The highest BCUT2D eigenvalue weighted by molar-refractivity contribution is 8.93. The molecule has 68 valence electrons. The van der Waals surface area contributed by atoms with E-state index in [0.29, 0.717) is 0 Å². The summed E-state index contributed by atoms with van der Waals surface area (Å²) in [5, 5.41) is 0. The predicted octanol–water partition coefficient (Wildman–Crippen LogP) is 2.50. The van der Waals surface area contributed by atoms with Crippen LogP contribution in [-0.4, -0.2) is 0 Å². The standard InChI is InChI=1S/C9H14N2.BrH/c1-2-3-8-4-6-9(11-10)7-5-8;/h4-7,11H,2-3,10H2,1H3;1H. The van der Waals surface area contributed by atoms with Gasteiger partial charge in [0.1, 0.15) is 0 Å². The Bertz CT molecular complexity index is 208. The first-order chi connectivity index (χ1) is 5.36. The van der Waals surface area contributed by atoms with Gasteiger partial charge in [-0.1, -0.05) is 25.5 Å². The fourth-order valence-corrected chi connectivity index (χ4v) is 1.06. The number of halogens is 1. The van der Waals surface area contributed by atoms with Crippen LogP contribution in [-0.2, 0) is 6.42 Å². The van der Waals surface area contributed by atoms with E-state index in [9.17, 15) is 0 Å². The number of hydrogen-bond acceptors (Lipinski definition) is 2. The van der Waals surface area contributed by atoms with Crippen LogP contribution < -0.4 is 11.3 Å². The van der Waals surface area contributed by atoms with Gasteiger partial charge in [-0.15, -0.1) is 17.0 Å². The van der Waals surface area contributed by atoms with Gasteiger partial charge in [-0.2, -0.15) is 0 Å². The molecule has 0 amide bonds. The molecule has 0 spiro atoms. The summed E-state index contributed by atoms with van der Waals surface area (Å²) >= 11 is 0. The summed E-state index contributed by atoms with van der Waals surface area (Å²) in [4.78, 5) is 0. The van der Waals surface area contributed by atoms with Crippen LogP contribution in [0.3, 0.4) is 0 Å². The van der Waals surface area contributed by atoms with E-state index in [2.05, 4.69) is 24.5 Å². The number of hydrogen-bond donors (Lipinski definition) is 2. The topological polar surface area (TPSA) is 38.0 Å². The van der Waals surface area contributed by atoms with Crippen molar-refractivity contribution in [3.8, 4) is 0 Å². The molecule has 0 aliphatic rings. The summed E-state index contributed by atoms with van der Waals surface area (Å²) < 4.78 is 0. The average Bonchev–Trinajstić information content (AvgIpc) is 2.07. The molecular formula is C9H15BrN2. The molecule has 0 bridgehead atoms. The number of hydrazine groups is 1. The van der Waals surface area contributed by atoms with Gasteiger partial charge in [0.25, 0.3) is 0 Å². The third-order valence-corrected chi connectivity index (χ3v) is 1.66. The molecule has 12 heavy (non-hydrogen) atoms. The lowest BCUT2D eigenvalue weighted by molar-refractivity contribution is 0.922. The van der Waals surface area contributed by atoms with Crippen LogP contribution in [0.2, 0.25) is 0 Å². The van der Waals surface area contributed by atoms with Gasteiger partial charge in [0.05, 0.1) is 0 Å². The molecule has 1 rings (SSSR count). The van der Waals surface area contributed by atoms with E-state index < -0.39 is 0 Å². The smallest absolute Gasteiger partial charge is 0.0485 e. The van der Waals surface area contributed by atoms with Crippen molar-refractivity contribution in [1.29, 1.82) is 0 Å². The number of benzene rings is 1. The Morgan fingerprint density at radius 1 is 1.25 bits per heavy atom. The molecule has 0 radical (unpaired) electrons. The zero-order valence-electron chi connectivity index (χ0n) is 7.21. The van der Waals surface area contributed by atoms with Crippen molar-refractivity contribution in [2.45, 2.75) is 19.8 Å². The van der Waals surface area contributed by atoms with Crippen LogP contribution in [0, 0.1) is 0 Å². The van der Waals surface area contributed by atoms with Gasteiger partial charge in [-0.25, -0.2) is 0 Å². The summed E-state index contributed by atoms with van der Waals surface area (Å²) in [6, 6.07) is 8.17. The lowest BCUT2D eigenvalue weighted by atomic mass is 10.1. The van der Waals surface area contributed by atoms with Crippen LogP contribution >= 0.6 is 17.0 Å². The molecule has 0 saturated heterocycles. The van der Waals surface area contributed by atoms with Gasteiger partial charge >= 0.3 is 0 Å². The van der Waals surface area contributed by atoms with Crippen molar-refractivity contribution in [2.75, 3.05) is 5.43 Å². The molecular weight excluding hydrogens is 216 g/mol. The molecule has 0 fully saturated rings. The molecule has 0 unspecified atom stereocenters. The number of nitrogens with one attached hydrogen (secondary N) is 1. The first-order valence-electron chi connectivity index (χ1n) is 3.92. The van der Waals surface area contributed by atoms with E-state index in [0.717, 1.165) is 12.1 Å². The second-order valence-corrected chi connectivity index (χ2v) is 2.59. The van der Waals surface area contributed by atoms with Gasteiger partial charge in [-0.05, 0) is 24.1 Å². The normalized spacial score (nSPS) is 8.83. The Labute approximate surface area is 83.9 Å². The second kappa shape index (κ2) is 6.03. The molecule has 1 aromatic carbocycles. The molecule has 2 nitrogen and oxygen atoms in total. The molecule has 0 aromatic heterocycles. The van der Waals surface area contributed by atoms with Gasteiger partial charge in [0, 0.05) is 5.69 Å². The summed E-state index contributed by atoms with van der Waals surface area (Å²) in [6.07, 6.45) is 2.33. The number of anilines is 1. The molecule has 3 N–H and O–H groups in total. The minimum Gasteiger partial charge on any atom is -0.324 e. The molecule has 1 aromatic rings. The van der Waals surface area contributed by atoms with E-state index in [1.165, 1.54) is 12.0 Å². The minimum absolute atomic E-state index is 0. The van der Waals surface area contributed by atoms with Crippen molar-refractivity contribution in [3.63, 3.8) is 0 Å². The molecule has 3 heteroatoms. The SMILES string of the molecule is Br.CCCc1ccc(NN)cc1. The van der Waals surface area contributed by atoms with E-state index >= 15 is 0 Å². The summed E-state index contributed by atoms with van der Waals surface area (Å²) in [5.41, 5.74) is 4.93. The first kappa shape index (κ1) is 11.5. The summed E-state index contributed by atoms with van der Waals surface area (Å²) in [6.45, 7) is 2.18. The van der Waals surface area contributed by atoms with Crippen molar-refractivity contribution in [1.82, 2.24) is 0 Å². The lowest BCUT2D eigenvalue weighted by Crippen LogP contribution is -2.06. The van der Waals surface area contributed by atoms with E-state index in [-0.39, 0.29) is 17.0 Å². The third kappa shape index (κ3) is 3.24. The van der Waals surface area contributed by atoms with Crippen molar-refractivity contribution < 1.29 is 0 Å². The van der Waals surface area contributed by atoms with Crippen molar-refractivity contribution in [3.05, 3.63) is 29.8 Å². The molecule has 0 aliphatic carbocycles. The minimum atomic E-state index is 0. The van der Waals surface area contributed by atoms with E-state index in [4.69, 9.17) is 5.84 Å². The van der Waals surface area contributed by atoms with Crippen molar-refractivity contribution in [2.24, 2.45) is 5.84 Å². The van der Waals surface area contributed by atoms with Crippen LogP contribution in [0.15, 0.2) is 24.3 Å². The quantitative estimate of drug-likeness (QED) is 0.619. The second-order valence-electron chi connectivity index (χ2n) is 2.59. The molecule has 0 atom stereocenters. The number of rotatable bonds is 3. The zero-order chi connectivity index (χ0) is 8.10. The average molecular weight is 231 g/mol. The Kier molecular flexibility index (Phi) is 5.76. The highest BCUT2D eigenvalue weighted by Crippen LogP contribution is 2.08. The predicted molar refractivity (Wildman–Crippen MR) is 58.6 cm³/mol. The summed E-state index contributed by atoms with van der Waals surface area (Å²) in [5.74, 6) is 5.22. The monoisotopic (exact) mass is 230 g/mol. The number of nitrogen functional groups attached to an aromatic ring is 1. The van der Waals surface area contributed by atoms with Crippen LogP contribution in [0.5, 0.6) is 0 Å². The van der Waals surface area contributed by atoms with Crippen molar-refractivity contribution >= 4 is 22.7 Å². The number of aryl methyl sites for hydroxylation is 1. The molecule has 0 aliphatic heterocycles. The van der Waals surface area contributed by atoms with Crippen LogP contribution in [0.1, 0.15) is 18.9 Å². The van der Waals surface area contributed by atoms with Crippen LogP contribution in [0.4, 0.5) is 5.69 Å². The Balaban J connectivity index is 0.00000121. The fraction of sp³-hybridized carbons (Fsp3) is 0.333. The Morgan fingerprint density at radius 2 is 1.83 bits per heavy atom. The molecule has 0 saturated carbocycles. The van der Waals surface area contributed by atoms with Gasteiger partial charge in [0.2, 0.25) is 0 Å². The highest BCUT2D eigenvalue weighted by Gasteiger charge is 1.90. The summed E-state index contributed by atoms with van der Waals surface area (Å²) in [7, 11) is 0. The maximum Gasteiger partial charge on any atom is 0.0485 e. The largest absolute Gasteiger partial charge is 0.324 e. The van der Waals surface area contributed by atoms with Gasteiger partial charge < -0.3 is 5.43 Å². The first-order valence-corrected chi connectivity index (χ1v) is 3.92. The number of nitrogens with two attached hydrogens (primary N) is 1. The fourth-order valence-electron chi connectivity index (χ4n) is 1.06. The lowest BCUT2D eigenvalue weighted by Gasteiger charge is -2.00. The van der Waals surface area contributed by atoms with Crippen LogP contribution in [0.25, 0.3) is 0 Å². The van der Waals surface area contributed by atoms with Gasteiger partial charge in [-0.3, -0.25) is 5.84 Å². The van der Waals surface area contributed by atoms with Gasteiger partial charge in [0.15, 0.2) is 0 Å². The maximum absolute atomic E-state index is 5.22. The highest BCUT2D eigenvalue weighted by atomic mass is 79.9. The third-order valence-electron chi connectivity index (χ3n) is 1.66. The Hall–Kier alpha value is -0.540. The Morgan fingerprint density at radius 3 is 2.25 bits per heavy atom. The van der Waals surface area contributed by atoms with E-state index in [1.807, 2.05) is 12.1 Å². The zero-order valence-corrected chi connectivity index (χ0v) is 8.92.